The first-order valence-corrected chi connectivity index (χ1v) is 6.27. The minimum atomic E-state index is -0.875. The number of likely N-dealkylation sites (tertiary alicyclic amines) is 1. The third-order valence-corrected chi connectivity index (χ3v) is 3.76. The van der Waals surface area contributed by atoms with Gasteiger partial charge in [-0.05, 0) is 18.4 Å². The molecule has 1 aromatic rings. The van der Waals surface area contributed by atoms with Gasteiger partial charge in [-0.2, -0.15) is 0 Å². The van der Waals surface area contributed by atoms with E-state index < -0.39 is 11.9 Å². The number of carboxylic acids is 1. The molecular weight excluding hydrogens is 230 g/mol. The predicted octanol–water partition coefficient (Wildman–Crippen LogP) is 1.82. The van der Waals surface area contributed by atoms with Gasteiger partial charge < -0.3 is 10.0 Å². The minimum Gasteiger partial charge on any atom is -0.481 e. The summed E-state index contributed by atoms with van der Waals surface area (Å²) in [4.78, 5) is 25.2. The highest BCUT2D eigenvalue weighted by atomic mass is 16.4. The Morgan fingerprint density at radius 2 is 1.89 bits per heavy atom. The van der Waals surface area contributed by atoms with Gasteiger partial charge in [-0.25, -0.2) is 0 Å². The molecule has 1 saturated heterocycles. The zero-order chi connectivity index (χ0) is 12.7. The van der Waals surface area contributed by atoms with Crippen LogP contribution in [0.4, 0.5) is 0 Å². The molecule has 2 aliphatic rings. The van der Waals surface area contributed by atoms with Crippen LogP contribution in [0.15, 0.2) is 30.3 Å². The molecule has 0 aromatic heterocycles. The fourth-order valence-electron chi connectivity index (χ4n) is 2.80. The molecule has 0 bridgehead atoms. The molecule has 2 fully saturated rings. The summed E-state index contributed by atoms with van der Waals surface area (Å²) in [6.45, 7) is 0. The highest BCUT2D eigenvalue weighted by Crippen LogP contribution is 2.44. The lowest BCUT2D eigenvalue weighted by Gasteiger charge is -2.27. The summed E-state index contributed by atoms with van der Waals surface area (Å²) in [6, 6.07) is 9.47. The molecule has 1 aliphatic heterocycles. The van der Waals surface area contributed by atoms with Crippen molar-refractivity contribution in [2.24, 2.45) is 5.92 Å². The summed E-state index contributed by atoms with van der Waals surface area (Å²) < 4.78 is 0. The van der Waals surface area contributed by atoms with Crippen molar-refractivity contribution in [2.45, 2.75) is 31.3 Å². The summed E-state index contributed by atoms with van der Waals surface area (Å²) in [6.07, 6.45) is 2.13. The van der Waals surface area contributed by atoms with Gasteiger partial charge in [-0.3, -0.25) is 9.59 Å². The standard InChI is InChI=1S/C14H15NO3/c16-12-8-11(14(17)18)13(15(12)10-6-7-10)9-4-2-1-3-5-9/h1-5,10-11,13H,6-8H2,(H,17,18)/t11-,13-/m1/s1. The Labute approximate surface area is 105 Å². The second-order valence-electron chi connectivity index (χ2n) is 5.04. The molecule has 4 heteroatoms. The Bertz CT molecular complexity index is 481. The van der Waals surface area contributed by atoms with E-state index in [0.29, 0.717) is 0 Å². The Morgan fingerprint density at radius 3 is 2.44 bits per heavy atom. The van der Waals surface area contributed by atoms with Crippen molar-refractivity contribution in [2.75, 3.05) is 0 Å². The van der Waals surface area contributed by atoms with E-state index in [1.807, 2.05) is 30.3 Å². The largest absolute Gasteiger partial charge is 0.481 e. The Morgan fingerprint density at radius 1 is 1.22 bits per heavy atom. The molecule has 1 N–H and O–H groups in total. The number of amides is 1. The molecule has 94 valence electrons. The number of carbonyl (C=O) groups excluding carboxylic acids is 1. The third kappa shape index (κ3) is 1.78. The highest BCUT2D eigenvalue weighted by Gasteiger charge is 2.49. The molecule has 1 aliphatic carbocycles. The van der Waals surface area contributed by atoms with Gasteiger partial charge in [0.25, 0.3) is 0 Å². The third-order valence-electron chi connectivity index (χ3n) is 3.76. The fraction of sp³-hybridized carbons (Fsp3) is 0.429. The number of hydrogen-bond donors (Lipinski definition) is 1. The van der Waals surface area contributed by atoms with Crippen LogP contribution < -0.4 is 0 Å². The number of benzene rings is 1. The number of nitrogens with zero attached hydrogens (tertiary/aromatic N) is 1. The maximum Gasteiger partial charge on any atom is 0.309 e. The normalized spacial score (nSPS) is 27.6. The molecule has 2 atom stereocenters. The van der Waals surface area contributed by atoms with Crippen LogP contribution >= 0.6 is 0 Å². The summed E-state index contributed by atoms with van der Waals surface area (Å²) >= 11 is 0. The summed E-state index contributed by atoms with van der Waals surface area (Å²) in [5, 5.41) is 9.30. The van der Waals surface area contributed by atoms with Gasteiger partial charge in [0.2, 0.25) is 5.91 Å². The fourth-order valence-corrected chi connectivity index (χ4v) is 2.80. The monoisotopic (exact) mass is 245 g/mol. The maximum atomic E-state index is 12.0. The maximum absolute atomic E-state index is 12.0. The average molecular weight is 245 g/mol. The predicted molar refractivity (Wildman–Crippen MR) is 64.8 cm³/mol. The van der Waals surface area contributed by atoms with Crippen LogP contribution in [-0.2, 0) is 9.59 Å². The molecule has 1 aromatic carbocycles. The lowest BCUT2D eigenvalue weighted by molar-refractivity contribution is -0.142. The van der Waals surface area contributed by atoms with Gasteiger partial charge in [0, 0.05) is 12.5 Å². The summed E-state index contributed by atoms with van der Waals surface area (Å²) in [7, 11) is 0. The lowest BCUT2D eigenvalue weighted by Crippen LogP contribution is -2.32. The second kappa shape index (κ2) is 4.12. The van der Waals surface area contributed by atoms with Gasteiger partial charge in [0.15, 0.2) is 0 Å². The SMILES string of the molecule is O=C(O)[C@@H]1CC(=O)N(C2CC2)[C@@H]1c1ccccc1. The number of aliphatic carboxylic acids is 1. The molecule has 4 nitrogen and oxygen atoms in total. The van der Waals surface area contributed by atoms with E-state index in [1.165, 1.54) is 0 Å². The Kier molecular flexibility index (Phi) is 2.58. The molecule has 0 radical (unpaired) electrons. The average Bonchev–Trinajstić information content (AvgIpc) is 3.13. The van der Waals surface area contributed by atoms with E-state index in [4.69, 9.17) is 0 Å². The summed E-state index contributed by atoms with van der Waals surface area (Å²) in [5.41, 5.74) is 0.933. The van der Waals surface area contributed by atoms with Crippen molar-refractivity contribution < 1.29 is 14.7 Å². The van der Waals surface area contributed by atoms with Crippen LogP contribution in [0.1, 0.15) is 30.9 Å². The zero-order valence-electron chi connectivity index (χ0n) is 9.95. The van der Waals surface area contributed by atoms with E-state index in [1.54, 1.807) is 4.90 Å². The van der Waals surface area contributed by atoms with Crippen molar-refractivity contribution in [3.05, 3.63) is 35.9 Å². The second-order valence-corrected chi connectivity index (χ2v) is 5.04. The van der Waals surface area contributed by atoms with Crippen LogP contribution in [0.3, 0.4) is 0 Å². The topological polar surface area (TPSA) is 57.6 Å². The van der Waals surface area contributed by atoms with Crippen LogP contribution in [0.5, 0.6) is 0 Å². The van der Waals surface area contributed by atoms with E-state index in [-0.39, 0.29) is 24.4 Å². The van der Waals surface area contributed by atoms with E-state index in [0.717, 1.165) is 18.4 Å². The number of rotatable bonds is 3. The molecule has 1 saturated carbocycles. The van der Waals surface area contributed by atoms with Crippen LogP contribution in [0.25, 0.3) is 0 Å². The molecule has 0 unspecified atom stereocenters. The smallest absolute Gasteiger partial charge is 0.309 e. The van der Waals surface area contributed by atoms with Gasteiger partial charge in [0.1, 0.15) is 0 Å². The first-order valence-electron chi connectivity index (χ1n) is 6.27. The van der Waals surface area contributed by atoms with Gasteiger partial charge in [0.05, 0.1) is 12.0 Å². The Balaban J connectivity index is 1.99. The van der Waals surface area contributed by atoms with Gasteiger partial charge >= 0.3 is 5.97 Å². The molecule has 18 heavy (non-hydrogen) atoms. The van der Waals surface area contributed by atoms with Gasteiger partial charge in [-0.15, -0.1) is 0 Å². The number of carbonyl (C=O) groups is 2. The van der Waals surface area contributed by atoms with Crippen LogP contribution in [0.2, 0.25) is 0 Å². The highest BCUT2D eigenvalue weighted by molar-refractivity contribution is 5.87. The van der Waals surface area contributed by atoms with Crippen LogP contribution in [-0.4, -0.2) is 27.9 Å². The van der Waals surface area contributed by atoms with E-state index >= 15 is 0 Å². The molecular formula is C14H15NO3. The molecule has 3 rings (SSSR count). The molecule has 1 amide bonds. The number of hydrogen-bond acceptors (Lipinski definition) is 2. The first-order chi connectivity index (χ1) is 8.68. The number of carboxylic acid groups (broad SMARTS) is 1. The van der Waals surface area contributed by atoms with Crippen LogP contribution in [0, 0.1) is 5.92 Å². The first kappa shape index (κ1) is 11.3. The van der Waals surface area contributed by atoms with Crippen molar-refractivity contribution in [3.8, 4) is 0 Å². The van der Waals surface area contributed by atoms with Crippen molar-refractivity contribution in [1.29, 1.82) is 0 Å². The van der Waals surface area contributed by atoms with E-state index in [9.17, 15) is 14.7 Å². The summed E-state index contributed by atoms with van der Waals surface area (Å²) in [5.74, 6) is -1.50. The van der Waals surface area contributed by atoms with Crippen molar-refractivity contribution >= 4 is 11.9 Å². The molecule has 1 heterocycles. The quantitative estimate of drug-likeness (QED) is 0.883. The van der Waals surface area contributed by atoms with E-state index in [2.05, 4.69) is 0 Å². The van der Waals surface area contributed by atoms with Crippen molar-refractivity contribution in [1.82, 2.24) is 4.90 Å². The Hall–Kier alpha value is -1.84. The molecule has 0 spiro atoms. The zero-order valence-corrected chi connectivity index (χ0v) is 9.95. The van der Waals surface area contributed by atoms with Gasteiger partial charge in [-0.1, -0.05) is 30.3 Å². The minimum absolute atomic E-state index is 0.0150. The lowest BCUT2D eigenvalue weighted by atomic mass is 9.94. The van der Waals surface area contributed by atoms with Crippen molar-refractivity contribution in [3.63, 3.8) is 0 Å².